The lowest BCUT2D eigenvalue weighted by molar-refractivity contribution is 0.568. The van der Waals surface area contributed by atoms with Crippen molar-refractivity contribution in [2.75, 3.05) is 6.54 Å². The van der Waals surface area contributed by atoms with Crippen molar-refractivity contribution < 1.29 is 0 Å². The zero-order valence-electron chi connectivity index (χ0n) is 9.74. The summed E-state index contributed by atoms with van der Waals surface area (Å²) in [5, 5.41) is 3.21. The normalized spacial score (nSPS) is 20.1. The number of nitrogens with two attached hydrogens (primary N) is 1. The van der Waals surface area contributed by atoms with E-state index in [-0.39, 0.29) is 0 Å². The maximum Gasteiger partial charge on any atom is 0.189 e. The number of nitrogens with one attached hydrogen (secondary N) is 1. The van der Waals surface area contributed by atoms with Gasteiger partial charge in [-0.15, -0.1) is 0 Å². The van der Waals surface area contributed by atoms with Crippen molar-refractivity contribution in [3.63, 3.8) is 0 Å². The van der Waals surface area contributed by atoms with Crippen molar-refractivity contribution in [2.45, 2.75) is 32.2 Å². The second-order valence-corrected chi connectivity index (χ2v) is 4.24. The first-order chi connectivity index (χ1) is 7.79. The molecule has 0 bridgehead atoms. The average molecular weight is 217 g/mol. The van der Waals surface area contributed by atoms with Gasteiger partial charge in [-0.1, -0.05) is 37.6 Å². The first kappa shape index (κ1) is 11.0. The highest BCUT2D eigenvalue weighted by molar-refractivity contribution is 5.78. The molecule has 1 atom stereocenters. The Balaban J connectivity index is 2.07. The van der Waals surface area contributed by atoms with E-state index in [2.05, 4.69) is 41.5 Å². The fourth-order valence-electron chi connectivity index (χ4n) is 2.07. The van der Waals surface area contributed by atoms with Crippen molar-refractivity contribution >= 4 is 5.96 Å². The quantitative estimate of drug-likeness (QED) is 0.813. The first-order valence-electron chi connectivity index (χ1n) is 5.95. The minimum atomic E-state index is 0.327. The lowest BCUT2D eigenvalue weighted by Crippen LogP contribution is -2.38. The molecule has 1 aliphatic rings. The maximum atomic E-state index is 5.68. The largest absolute Gasteiger partial charge is 0.370 e. The number of guanidine groups is 1. The van der Waals surface area contributed by atoms with Gasteiger partial charge in [-0.2, -0.15) is 0 Å². The predicted molar refractivity (Wildman–Crippen MR) is 67.4 cm³/mol. The molecule has 0 radical (unpaired) electrons. The standard InChI is InChI=1S/C13H19N3/c1-2-3-10-4-6-11(7-5-10)12-8-9-15-13(14)16-12/h4-7,12H,2-3,8-9H2,1H3,(H3,14,15,16). The van der Waals surface area contributed by atoms with Crippen LogP contribution >= 0.6 is 0 Å². The van der Waals surface area contributed by atoms with E-state index < -0.39 is 0 Å². The minimum Gasteiger partial charge on any atom is -0.370 e. The maximum absolute atomic E-state index is 5.68. The SMILES string of the molecule is CCCc1ccc(C2CCN=C(N)N2)cc1. The van der Waals surface area contributed by atoms with Crippen LogP contribution in [0.4, 0.5) is 0 Å². The van der Waals surface area contributed by atoms with Gasteiger partial charge in [0.15, 0.2) is 5.96 Å². The lowest BCUT2D eigenvalue weighted by Gasteiger charge is -2.23. The lowest BCUT2D eigenvalue weighted by atomic mass is 10.00. The summed E-state index contributed by atoms with van der Waals surface area (Å²) in [5.41, 5.74) is 8.39. The third-order valence-electron chi connectivity index (χ3n) is 2.94. The number of hydrogen-bond donors (Lipinski definition) is 2. The van der Waals surface area contributed by atoms with Gasteiger partial charge in [0.2, 0.25) is 0 Å². The van der Waals surface area contributed by atoms with Gasteiger partial charge in [-0.25, -0.2) is 0 Å². The second-order valence-electron chi connectivity index (χ2n) is 4.24. The van der Waals surface area contributed by atoms with Gasteiger partial charge in [0.1, 0.15) is 0 Å². The molecule has 1 aromatic carbocycles. The smallest absolute Gasteiger partial charge is 0.189 e. The van der Waals surface area contributed by atoms with Crippen molar-refractivity contribution in [2.24, 2.45) is 10.7 Å². The third kappa shape index (κ3) is 2.54. The van der Waals surface area contributed by atoms with Crippen LogP contribution in [0.2, 0.25) is 0 Å². The van der Waals surface area contributed by atoms with Crippen molar-refractivity contribution in [3.8, 4) is 0 Å². The summed E-state index contributed by atoms with van der Waals surface area (Å²) in [7, 11) is 0. The number of aliphatic imine (C=N–C) groups is 1. The molecule has 3 heteroatoms. The van der Waals surface area contributed by atoms with Crippen LogP contribution in [-0.4, -0.2) is 12.5 Å². The highest BCUT2D eigenvalue weighted by Crippen LogP contribution is 2.19. The summed E-state index contributed by atoms with van der Waals surface area (Å²) in [6.45, 7) is 3.02. The minimum absolute atomic E-state index is 0.327. The summed E-state index contributed by atoms with van der Waals surface area (Å²) in [6, 6.07) is 9.14. The number of aryl methyl sites for hydroxylation is 1. The second kappa shape index (κ2) is 5.01. The van der Waals surface area contributed by atoms with Gasteiger partial charge in [-0.3, -0.25) is 4.99 Å². The van der Waals surface area contributed by atoms with Crippen LogP contribution in [0.5, 0.6) is 0 Å². The van der Waals surface area contributed by atoms with Crippen LogP contribution in [0.1, 0.15) is 36.9 Å². The molecule has 0 amide bonds. The number of hydrogen-bond acceptors (Lipinski definition) is 3. The average Bonchev–Trinajstić information content (AvgIpc) is 2.30. The molecule has 0 aliphatic carbocycles. The third-order valence-corrected chi connectivity index (χ3v) is 2.94. The molecule has 3 nitrogen and oxygen atoms in total. The highest BCUT2D eigenvalue weighted by atomic mass is 15.1. The molecule has 1 heterocycles. The van der Waals surface area contributed by atoms with Gasteiger partial charge in [-0.05, 0) is 24.0 Å². The first-order valence-corrected chi connectivity index (χ1v) is 5.95. The van der Waals surface area contributed by atoms with Gasteiger partial charge < -0.3 is 11.1 Å². The molecule has 0 fully saturated rings. The van der Waals surface area contributed by atoms with Gasteiger partial charge in [0.05, 0.1) is 6.04 Å². The molecular weight excluding hydrogens is 198 g/mol. The molecule has 0 aromatic heterocycles. The van der Waals surface area contributed by atoms with Gasteiger partial charge >= 0.3 is 0 Å². The summed E-state index contributed by atoms with van der Waals surface area (Å²) >= 11 is 0. The molecule has 16 heavy (non-hydrogen) atoms. The Morgan fingerprint density at radius 2 is 2.12 bits per heavy atom. The van der Waals surface area contributed by atoms with Crippen molar-refractivity contribution in [3.05, 3.63) is 35.4 Å². The van der Waals surface area contributed by atoms with E-state index in [1.807, 2.05) is 0 Å². The molecule has 1 aromatic rings. The zero-order chi connectivity index (χ0) is 11.4. The Morgan fingerprint density at radius 1 is 1.38 bits per heavy atom. The van der Waals surface area contributed by atoms with E-state index in [1.165, 1.54) is 17.5 Å². The van der Waals surface area contributed by atoms with Gasteiger partial charge in [0.25, 0.3) is 0 Å². The van der Waals surface area contributed by atoms with Gasteiger partial charge in [0, 0.05) is 6.54 Å². The zero-order valence-corrected chi connectivity index (χ0v) is 9.74. The van der Waals surface area contributed by atoms with Crippen LogP contribution in [0, 0.1) is 0 Å². The molecule has 0 saturated carbocycles. The van der Waals surface area contributed by atoms with E-state index in [1.54, 1.807) is 0 Å². The molecule has 86 valence electrons. The Bertz CT molecular complexity index is 367. The number of nitrogens with zero attached hydrogens (tertiary/aromatic N) is 1. The highest BCUT2D eigenvalue weighted by Gasteiger charge is 2.15. The Hall–Kier alpha value is -1.51. The van der Waals surface area contributed by atoms with Crippen LogP contribution in [0.25, 0.3) is 0 Å². The Morgan fingerprint density at radius 3 is 2.75 bits per heavy atom. The van der Waals surface area contributed by atoms with E-state index in [0.717, 1.165) is 19.4 Å². The summed E-state index contributed by atoms with van der Waals surface area (Å²) in [5.74, 6) is 0.564. The van der Waals surface area contributed by atoms with Crippen LogP contribution in [0.3, 0.4) is 0 Å². The molecule has 1 aliphatic heterocycles. The molecule has 1 unspecified atom stereocenters. The van der Waals surface area contributed by atoms with E-state index in [4.69, 9.17) is 5.73 Å². The summed E-state index contributed by atoms with van der Waals surface area (Å²) in [4.78, 5) is 4.14. The Labute approximate surface area is 96.8 Å². The molecule has 3 N–H and O–H groups in total. The molecule has 0 saturated heterocycles. The fourth-order valence-corrected chi connectivity index (χ4v) is 2.07. The topological polar surface area (TPSA) is 50.4 Å². The fraction of sp³-hybridized carbons (Fsp3) is 0.462. The molecule has 2 rings (SSSR count). The van der Waals surface area contributed by atoms with Crippen LogP contribution in [-0.2, 0) is 6.42 Å². The predicted octanol–water partition coefficient (Wildman–Crippen LogP) is 1.99. The molecular formula is C13H19N3. The monoisotopic (exact) mass is 217 g/mol. The van der Waals surface area contributed by atoms with Crippen molar-refractivity contribution in [1.29, 1.82) is 0 Å². The van der Waals surface area contributed by atoms with Crippen LogP contribution < -0.4 is 11.1 Å². The van der Waals surface area contributed by atoms with E-state index in [0.29, 0.717) is 12.0 Å². The Kier molecular flexibility index (Phi) is 3.44. The van der Waals surface area contributed by atoms with Crippen molar-refractivity contribution in [1.82, 2.24) is 5.32 Å². The number of rotatable bonds is 3. The van der Waals surface area contributed by atoms with E-state index in [9.17, 15) is 0 Å². The van der Waals surface area contributed by atoms with Crippen LogP contribution in [0.15, 0.2) is 29.3 Å². The number of benzene rings is 1. The summed E-state index contributed by atoms with van der Waals surface area (Å²) < 4.78 is 0. The summed E-state index contributed by atoms with van der Waals surface area (Å²) in [6.07, 6.45) is 3.37. The molecule has 0 spiro atoms. The van der Waals surface area contributed by atoms with E-state index >= 15 is 0 Å².